The van der Waals surface area contributed by atoms with Crippen LogP contribution in [0.4, 0.5) is 0 Å². The monoisotopic (exact) mass is 335 g/mol. The van der Waals surface area contributed by atoms with Crippen molar-refractivity contribution in [2.75, 3.05) is 6.54 Å². The van der Waals surface area contributed by atoms with Crippen molar-refractivity contribution in [2.24, 2.45) is 0 Å². The van der Waals surface area contributed by atoms with Crippen LogP contribution in [0.3, 0.4) is 0 Å². The van der Waals surface area contributed by atoms with Crippen LogP contribution in [-0.2, 0) is 13.2 Å². The van der Waals surface area contributed by atoms with Gasteiger partial charge in [0.25, 0.3) is 0 Å². The zero-order valence-corrected chi connectivity index (χ0v) is 15.3. The molecule has 0 saturated carbocycles. The molecule has 0 saturated heterocycles. The van der Waals surface area contributed by atoms with Crippen molar-refractivity contribution in [3.8, 4) is 5.75 Å². The van der Waals surface area contributed by atoms with Gasteiger partial charge in [-0.1, -0.05) is 59.7 Å². The highest BCUT2D eigenvalue weighted by Gasteiger charge is 2.05. The summed E-state index contributed by atoms with van der Waals surface area (Å²) in [6, 6.07) is 16.8. The minimum Gasteiger partial charge on any atom is -0.489 e. The van der Waals surface area contributed by atoms with Gasteiger partial charge in [0.1, 0.15) is 12.4 Å². The van der Waals surface area contributed by atoms with E-state index in [4.69, 9.17) is 4.74 Å². The maximum absolute atomic E-state index is 6.07. The van der Waals surface area contributed by atoms with Gasteiger partial charge < -0.3 is 10.1 Å². The molecular weight excluding hydrogens is 306 g/mol. The van der Waals surface area contributed by atoms with Gasteiger partial charge in [0, 0.05) is 12.1 Å². The van der Waals surface area contributed by atoms with Crippen molar-refractivity contribution in [1.29, 1.82) is 0 Å². The summed E-state index contributed by atoms with van der Waals surface area (Å²) in [6.45, 7) is 4.63. The molecule has 1 aliphatic carbocycles. The van der Waals surface area contributed by atoms with Gasteiger partial charge in [-0.25, -0.2) is 0 Å². The van der Waals surface area contributed by atoms with Crippen molar-refractivity contribution in [3.05, 3.63) is 76.9 Å². The highest BCUT2D eigenvalue weighted by Crippen LogP contribution is 2.21. The maximum atomic E-state index is 6.07. The number of benzene rings is 2. The Morgan fingerprint density at radius 1 is 1.04 bits per heavy atom. The Hall–Kier alpha value is -2.06. The lowest BCUT2D eigenvalue weighted by molar-refractivity contribution is 0.302. The molecule has 2 heteroatoms. The molecule has 0 unspecified atom stereocenters. The van der Waals surface area contributed by atoms with Gasteiger partial charge in [-0.2, -0.15) is 0 Å². The van der Waals surface area contributed by atoms with Gasteiger partial charge in [0.15, 0.2) is 0 Å². The molecule has 2 aromatic carbocycles. The number of para-hydroxylation sites is 1. The second kappa shape index (κ2) is 9.43. The van der Waals surface area contributed by atoms with Crippen molar-refractivity contribution in [1.82, 2.24) is 5.32 Å². The Morgan fingerprint density at radius 2 is 1.96 bits per heavy atom. The van der Waals surface area contributed by atoms with Crippen LogP contribution in [0.15, 0.2) is 60.2 Å². The van der Waals surface area contributed by atoms with E-state index in [0.29, 0.717) is 6.61 Å². The van der Waals surface area contributed by atoms with Gasteiger partial charge in [-0.15, -0.1) is 0 Å². The molecule has 0 aromatic heterocycles. The van der Waals surface area contributed by atoms with E-state index >= 15 is 0 Å². The quantitative estimate of drug-likeness (QED) is 0.504. The van der Waals surface area contributed by atoms with E-state index in [1.807, 2.05) is 6.07 Å². The Balaban J connectivity index is 1.49. The number of aryl methyl sites for hydroxylation is 1. The molecule has 0 aliphatic heterocycles. The van der Waals surface area contributed by atoms with E-state index in [1.165, 1.54) is 48.8 Å². The number of rotatable bonds is 8. The third kappa shape index (κ3) is 5.75. The van der Waals surface area contributed by atoms with Crippen LogP contribution in [0.25, 0.3) is 0 Å². The first-order valence-corrected chi connectivity index (χ1v) is 9.46. The molecule has 25 heavy (non-hydrogen) atoms. The molecule has 132 valence electrons. The van der Waals surface area contributed by atoms with Crippen LogP contribution >= 0.6 is 0 Å². The van der Waals surface area contributed by atoms with Gasteiger partial charge in [-0.3, -0.25) is 0 Å². The molecular formula is C23H29NO. The maximum Gasteiger partial charge on any atom is 0.124 e. The smallest absolute Gasteiger partial charge is 0.124 e. The molecule has 2 aromatic rings. The second-order valence-electron chi connectivity index (χ2n) is 6.92. The number of hydrogen-bond acceptors (Lipinski definition) is 2. The largest absolute Gasteiger partial charge is 0.489 e. The summed E-state index contributed by atoms with van der Waals surface area (Å²) in [4.78, 5) is 0. The zero-order valence-electron chi connectivity index (χ0n) is 15.3. The van der Waals surface area contributed by atoms with Crippen molar-refractivity contribution < 1.29 is 4.74 Å². The molecule has 0 atom stereocenters. The van der Waals surface area contributed by atoms with Crippen LogP contribution in [-0.4, -0.2) is 6.54 Å². The minimum absolute atomic E-state index is 0.617. The number of allylic oxidation sites excluding steroid dienone is 1. The molecule has 1 N–H and O–H groups in total. The molecule has 0 heterocycles. The average molecular weight is 335 g/mol. The lowest BCUT2D eigenvalue weighted by atomic mass is 9.97. The predicted molar refractivity (Wildman–Crippen MR) is 105 cm³/mol. The number of hydrogen-bond donors (Lipinski definition) is 1. The first-order chi connectivity index (χ1) is 12.3. The molecule has 0 radical (unpaired) electrons. The first-order valence-electron chi connectivity index (χ1n) is 9.46. The van der Waals surface area contributed by atoms with Gasteiger partial charge >= 0.3 is 0 Å². The number of ether oxygens (including phenoxy) is 1. The standard InChI is InChI=1S/C23H29NO/c1-19-8-7-11-21(16-19)18-25-23-13-6-5-12-22(23)17-24-15-14-20-9-3-2-4-10-20/h5-9,11-13,16,24H,2-4,10,14-15,17-18H2,1H3. The normalized spacial score (nSPS) is 14.2. The second-order valence-corrected chi connectivity index (χ2v) is 6.92. The lowest BCUT2D eigenvalue weighted by Crippen LogP contribution is -2.16. The molecule has 3 rings (SSSR count). The van der Waals surface area contributed by atoms with Gasteiger partial charge in [-0.05, 0) is 57.2 Å². The lowest BCUT2D eigenvalue weighted by Gasteiger charge is -2.14. The van der Waals surface area contributed by atoms with Crippen LogP contribution < -0.4 is 10.1 Å². The Kier molecular flexibility index (Phi) is 6.70. The van der Waals surface area contributed by atoms with E-state index in [9.17, 15) is 0 Å². The summed E-state index contributed by atoms with van der Waals surface area (Å²) in [5.41, 5.74) is 5.34. The number of nitrogens with one attached hydrogen (secondary N) is 1. The fraction of sp³-hybridized carbons (Fsp3) is 0.391. The summed E-state index contributed by atoms with van der Waals surface area (Å²) in [5.74, 6) is 0.980. The molecule has 0 bridgehead atoms. The summed E-state index contributed by atoms with van der Waals surface area (Å²) < 4.78 is 6.07. The molecule has 0 amide bonds. The third-order valence-electron chi connectivity index (χ3n) is 4.77. The fourth-order valence-corrected chi connectivity index (χ4v) is 3.36. The predicted octanol–water partition coefficient (Wildman–Crippen LogP) is 5.55. The molecule has 0 fully saturated rings. The summed E-state index contributed by atoms with van der Waals surface area (Å²) in [6.07, 6.45) is 8.89. The topological polar surface area (TPSA) is 21.3 Å². The van der Waals surface area contributed by atoms with Crippen molar-refractivity contribution in [2.45, 2.75) is 52.2 Å². The van der Waals surface area contributed by atoms with E-state index < -0.39 is 0 Å². The summed E-state index contributed by atoms with van der Waals surface area (Å²) in [5, 5.41) is 3.58. The minimum atomic E-state index is 0.617. The third-order valence-corrected chi connectivity index (χ3v) is 4.77. The van der Waals surface area contributed by atoms with Gasteiger partial charge in [0.05, 0.1) is 0 Å². The van der Waals surface area contributed by atoms with E-state index in [-0.39, 0.29) is 0 Å². The first kappa shape index (κ1) is 17.8. The van der Waals surface area contributed by atoms with Crippen LogP contribution in [0.2, 0.25) is 0 Å². The van der Waals surface area contributed by atoms with Gasteiger partial charge in [0.2, 0.25) is 0 Å². The van der Waals surface area contributed by atoms with E-state index in [2.05, 4.69) is 60.8 Å². The zero-order chi connectivity index (χ0) is 17.3. The molecule has 0 spiro atoms. The summed E-state index contributed by atoms with van der Waals surface area (Å²) >= 11 is 0. The summed E-state index contributed by atoms with van der Waals surface area (Å²) in [7, 11) is 0. The van der Waals surface area contributed by atoms with Crippen molar-refractivity contribution >= 4 is 0 Å². The van der Waals surface area contributed by atoms with E-state index in [0.717, 1.165) is 18.8 Å². The highest BCUT2D eigenvalue weighted by atomic mass is 16.5. The fourth-order valence-electron chi connectivity index (χ4n) is 3.36. The Labute approximate surface area is 151 Å². The van der Waals surface area contributed by atoms with Crippen LogP contribution in [0.5, 0.6) is 5.75 Å². The van der Waals surface area contributed by atoms with E-state index in [1.54, 1.807) is 5.57 Å². The average Bonchev–Trinajstić information content (AvgIpc) is 2.65. The molecule has 1 aliphatic rings. The van der Waals surface area contributed by atoms with Crippen molar-refractivity contribution in [3.63, 3.8) is 0 Å². The van der Waals surface area contributed by atoms with Crippen LogP contribution in [0, 0.1) is 6.92 Å². The Morgan fingerprint density at radius 3 is 2.80 bits per heavy atom. The molecule has 2 nitrogen and oxygen atoms in total. The Bertz CT molecular complexity index is 705. The SMILES string of the molecule is Cc1cccc(COc2ccccc2CNCCC2=CCCCC2)c1. The van der Waals surface area contributed by atoms with Crippen LogP contribution in [0.1, 0.15) is 48.8 Å². The highest BCUT2D eigenvalue weighted by molar-refractivity contribution is 5.33.